The molecule has 0 aromatic heterocycles. The lowest BCUT2D eigenvalue weighted by atomic mass is 9.84. The molecule has 0 fully saturated rings. The van der Waals surface area contributed by atoms with Gasteiger partial charge in [-0.15, -0.1) is 0 Å². The van der Waals surface area contributed by atoms with Gasteiger partial charge in [-0.05, 0) is 33.3 Å². The van der Waals surface area contributed by atoms with Crippen LogP contribution in [-0.2, 0) is 10.2 Å². The Bertz CT molecular complexity index is 464. The van der Waals surface area contributed by atoms with Crippen LogP contribution in [-0.4, -0.2) is 30.8 Å². The summed E-state index contributed by atoms with van der Waals surface area (Å²) in [6, 6.07) is 10.6. The van der Waals surface area contributed by atoms with Crippen LogP contribution in [0, 0.1) is 0 Å². The molecule has 0 bridgehead atoms. The third-order valence-corrected chi connectivity index (χ3v) is 3.40. The maximum Gasteiger partial charge on any atom is 0.407 e. The Morgan fingerprint density at radius 2 is 1.73 bits per heavy atom. The van der Waals surface area contributed by atoms with E-state index in [0.29, 0.717) is 6.54 Å². The SMILES string of the molecule is CC(CNC(=O)OC(C)(C)C)NCC(C)(C)c1ccccc1. The summed E-state index contributed by atoms with van der Waals surface area (Å²) < 4.78 is 5.23. The predicted octanol–water partition coefficient (Wildman–Crippen LogP) is 3.47. The summed E-state index contributed by atoms with van der Waals surface area (Å²) in [5.41, 5.74) is 0.882. The van der Waals surface area contributed by atoms with Crippen LogP contribution >= 0.6 is 0 Å². The molecule has 0 aliphatic carbocycles. The maximum atomic E-state index is 11.6. The molecule has 1 aromatic carbocycles. The van der Waals surface area contributed by atoms with Crippen LogP contribution in [0.1, 0.15) is 47.1 Å². The molecule has 0 spiro atoms. The molecule has 1 amide bonds. The lowest BCUT2D eigenvalue weighted by molar-refractivity contribution is 0.0523. The van der Waals surface area contributed by atoms with Crippen molar-refractivity contribution >= 4 is 6.09 Å². The highest BCUT2D eigenvalue weighted by molar-refractivity contribution is 5.67. The van der Waals surface area contributed by atoms with Gasteiger partial charge in [-0.25, -0.2) is 4.79 Å². The fourth-order valence-corrected chi connectivity index (χ4v) is 2.04. The molecule has 0 aliphatic heterocycles. The number of amides is 1. The van der Waals surface area contributed by atoms with Gasteiger partial charge in [-0.3, -0.25) is 0 Å². The number of benzene rings is 1. The Hall–Kier alpha value is -1.55. The van der Waals surface area contributed by atoms with Gasteiger partial charge in [-0.2, -0.15) is 0 Å². The van der Waals surface area contributed by atoms with E-state index >= 15 is 0 Å². The summed E-state index contributed by atoms with van der Waals surface area (Å²) in [7, 11) is 0. The number of carbonyl (C=O) groups is 1. The molecule has 2 N–H and O–H groups in total. The molecule has 22 heavy (non-hydrogen) atoms. The van der Waals surface area contributed by atoms with E-state index in [-0.39, 0.29) is 17.6 Å². The molecule has 0 aliphatic rings. The van der Waals surface area contributed by atoms with E-state index < -0.39 is 5.60 Å². The van der Waals surface area contributed by atoms with Gasteiger partial charge in [0.1, 0.15) is 5.60 Å². The molecule has 4 nitrogen and oxygen atoms in total. The second-order valence-electron chi connectivity index (χ2n) is 7.41. The zero-order valence-corrected chi connectivity index (χ0v) is 14.7. The molecule has 1 aromatic rings. The van der Waals surface area contributed by atoms with Crippen molar-refractivity contribution in [1.82, 2.24) is 10.6 Å². The Labute approximate surface area is 134 Å². The smallest absolute Gasteiger partial charge is 0.407 e. The van der Waals surface area contributed by atoms with E-state index in [9.17, 15) is 4.79 Å². The number of alkyl carbamates (subject to hydrolysis) is 1. The van der Waals surface area contributed by atoms with Gasteiger partial charge < -0.3 is 15.4 Å². The van der Waals surface area contributed by atoms with Crippen molar-refractivity contribution in [3.05, 3.63) is 35.9 Å². The second kappa shape index (κ2) is 7.63. The maximum absolute atomic E-state index is 11.6. The minimum Gasteiger partial charge on any atom is -0.444 e. The molecule has 124 valence electrons. The van der Waals surface area contributed by atoms with Crippen LogP contribution in [0.5, 0.6) is 0 Å². The molecule has 0 saturated carbocycles. The quantitative estimate of drug-likeness (QED) is 0.846. The van der Waals surface area contributed by atoms with Gasteiger partial charge in [0, 0.05) is 24.5 Å². The van der Waals surface area contributed by atoms with E-state index in [1.54, 1.807) is 0 Å². The Kier molecular flexibility index (Phi) is 6.42. The molecule has 1 rings (SSSR count). The number of hydrogen-bond acceptors (Lipinski definition) is 3. The average molecular weight is 306 g/mol. The second-order valence-corrected chi connectivity index (χ2v) is 7.41. The number of hydrogen-bond donors (Lipinski definition) is 2. The standard InChI is InChI=1S/C18H30N2O2/c1-14(12-19-16(21)22-17(2,3)4)20-13-18(5,6)15-10-8-7-9-11-15/h7-11,14,20H,12-13H2,1-6H3,(H,19,21). The van der Waals surface area contributed by atoms with Gasteiger partial charge in [-0.1, -0.05) is 44.2 Å². The van der Waals surface area contributed by atoms with E-state index in [1.807, 2.05) is 26.8 Å². The first kappa shape index (κ1) is 18.5. The monoisotopic (exact) mass is 306 g/mol. The summed E-state index contributed by atoms with van der Waals surface area (Å²) in [6.45, 7) is 13.4. The van der Waals surface area contributed by atoms with Crippen molar-refractivity contribution in [3.63, 3.8) is 0 Å². The first-order chi connectivity index (χ1) is 10.1. The van der Waals surface area contributed by atoms with E-state index in [0.717, 1.165) is 6.54 Å². The predicted molar refractivity (Wildman–Crippen MR) is 91.2 cm³/mol. The summed E-state index contributed by atoms with van der Waals surface area (Å²) in [4.78, 5) is 11.6. The molecule has 1 unspecified atom stereocenters. The van der Waals surface area contributed by atoms with Crippen molar-refractivity contribution in [1.29, 1.82) is 0 Å². The highest BCUT2D eigenvalue weighted by Crippen LogP contribution is 2.21. The normalized spacial score (nSPS) is 13.5. The van der Waals surface area contributed by atoms with Crippen molar-refractivity contribution < 1.29 is 9.53 Å². The summed E-state index contributed by atoms with van der Waals surface area (Å²) in [5.74, 6) is 0. The van der Waals surface area contributed by atoms with E-state index in [2.05, 4.69) is 55.7 Å². The largest absolute Gasteiger partial charge is 0.444 e. The fourth-order valence-electron chi connectivity index (χ4n) is 2.04. The van der Waals surface area contributed by atoms with Gasteiger partial charge >= 0.3 is 6.09 Å². The first-order valence-electron chi connectivity index (χ1n) is 7.86. The highest BCUT2D eigenvalue weighted by atomic mass is 16.6. The van der Waals surface area contributed by atoms with E-state index in [4.69, 9.17) is 4.74 Å². The minimum absolute atomic E-state index is 0.0431. The minimum atomic E-state index is -0.462. The highest BCUT2D eigenvalue weighted by Gasteiger charge is 2.21. The molecular weight excluding hydrogens is 276 g/mol. The van der Waals surface area contributed by atoms with Crippen LogP contribution in [0.4, 0.5) is 4.79 Å². The number of nitrogens with one attached hydrogen (secondary N) is 2. The fraction of sp³-hybridized carbons (Fsp3) is 0.611. The molecule has 1 atom stereocenters. The number of carbonyl (C=O) groups excluding carboxylic acids is 1. The average Bonchev–Trinajstić information content (AvgIpc) is 2.42. The van der Waals surface area contributed by atoms with Crippen molar-refractivity contribution in [3.8, 4) is 0 Å². The molecule has 4 heteroatoms. The Balaban J connectivity index is 2.37. The summed E-state index contributed by atoms with van der Waals surface area (Å²) in [5, 5.41) is 6.26. The first-order valence-corrected chi connectivity index (χ1v) is 7.86. The molecule has 0 radical (unpaired) electrons. The third kappa shape index (κ3) is 6.94. The van der Waals surface area contributed by atoms with Crippen LogP contribution in [0.3, 0.4) is 0 Å². The van der Waals surface area contributed by atoms with Gasteiger partial charge in [0.2, 0.25) is 0 Å². The molecular formula is C18H30N2O2. The topological polar surface area (TPSA) is 50.4 Å². The van der Waals surface area contributed by atoms with Crippen molar-refractivity contribution in [2.24, 2.45) is 0 Å². The summed E-state index contributed by atoms with van der Waals surface area (Å²) >= 11 is 0. The van der Waals surface area contributed by atoms with Crippen LogP contribution < -0.4 is 10.6 Å². The van der Waals surface area contributed by atoms with Gasteiger partial charge in [0.25, 0.3) is 0 Å². The molecule has 0 saturated heterocycles. The summed E-state index contributed by atoms with van der Waals surface area (Å²) in [6.07, 6.45) is -0.372. The number of rotatable bonds is 6. The van der Waals surface area contributed by atoms with Crippen LogP contribution in [0.25, 0.3) is 0 Å². The third-order valence-electron chi connectivity index (χ3n) is 3.40. The van der Waals surface area contributed by atoms with Crippen LogP contribution in [0.15, 0.2) is 30.3 Å². The Morgan fingerprint density at radius 3 is 2.27 bits per heavy atom. The van der Waals surface area contributed by atoms with Gasteiger partial charge in [0.05, 0.1) is 0 Å². The zero-order valence-electron chi connectivity index (χ0n) is 14.7. The lowest BCUT2D eigenvalue weighted by Crippen LogP contribution is -2.44. The van der Waals surface area contributed by atoms with Crippen molar-refractivity contribution in [2.75, 3.05) is 13.1 Å². The van der Waals surface area contributed by atoms with Gasteiger partial charge in [0.15, 0.2) is 0 Å². The zero-order chi connectivity index (χ0) is 16.8. The molecule has 0 heterocycles. The van der Waals surface area contributed by atoms with E-state index in [1.165, 1.54) is 5.56 Å². The Morgan fingerprint density at radius 1 is 1.14 bits per heavy atom. The van der Waals surface area contributed by atoms with Crippen LogP contribution in [0.2, 0.25) is 0 Å². The number of ether oxygens (including phenoxy) is 1. The van der Waals surface area contributed by atoms with Crippen molar-refractivity contribution in [2.45, 2.75) is 58.6 Å². The lowest BCUT2D eigenvalue weighted by Gasteiger charge is -2.28.